The standard InChI is InChI=1S/C10H16N2O4/c13-9(14)6-16-11-10(15)12-4-7-2-1-3-8(7)5-12/h7-8H,1-6H2,(H,11,15)(H,13,14). The number of carbonyl (C=O) groups is 2. The molecule has 6 heteroatoms. The van der Waals surface area contributed by atoms with Crippen molar-refractivity contribution < 1.29 is 19.5 Å². The molecule has 6 nitrogen and oxygen atoms in total. The van der Waals surface area contributed by atoms with Gasteiger partial charge in [0.15, 0.2) is 6.61 Å². The summed E-state index contributed by atoms with van der Waals surface area (Å²) in [5, 5.41) is 8.33. The van der Waals surface area contributed by atoms with Crippen LogP contribution in [0, 0.1) is 11.8 Å². The fourth-order valence-electron chi connectivity index (χ4n) is 2.62. The molecule has 2 fully saturated rings. The van der Waals surface area contributed by atoms with Gasteiger partial charge in [0.05, 0.1) is 0 Å². The average Bonchev–Trinajstić information content (AvgIpc) is 2.75. The first-order chi connectivity index (χ1) is 7.66. The number of likely N-dealkylation sites (tertiary alicyclic amines) is 1. The number of amides is 2. The van der Waals surface area contributed by atoms with Gasteiger partial charge in [-0.2, -0.15) is 0 Å². The monoisotopic (exact) mass is 228 g/mol. The minimum atomic E-state index is -1.10. The lowest BCUT2D eigenvalue weighted by molar-refractivity contribution is -0.144. The SMILES string of the molecule is O=C(O)CONC(=O)N1CC2CCCC2C1. The fraction of sp³-hybridized carbons (Fsp3) is 0.800. The maximum absolute atomic E-state index is 11.6. The summed E-state index contributed by atoms with van der Waals surface area (Å²) >= 11 is 0. The predicted molar refractivity (Wildman–Crippen MR) is 54.5 cm³/mol. The smallest absolute Gasteiger partial charge is 0.341 e. The first-order valence-electron chi connectivity index (χ1n) is 5.55. The van der Waals surface area contributed by atoms with Crippen LogP contribution < -0.4 is 5.48 Å². The number of hydroxylamine groups is 1. The molecule has 1 aliphatic heterocycles. The summed E-state index contributed by atoms with van der Waals surface area (Å²) < 4.78 is 0. The van der Waals surface area contributed by atoms with E-state index in [1.54, 1.807) is 4.90 Å². The van der Waals surface area contributed by atoms with Gasteiger partial charge in [-0.1, -0.05) is 6.42 Å². The highest BCUT2D eigenvalue weighted by Gasteiger charge is 2.38. The number of carboxylic acid groups (broad SMARTS) is 1. The number of nitrogens with zero attached hydrogens (tertiary/aromatic N) is 1. The van der Waals surface area contributed by atoms with Crippen LogP contribution in [0.4, 0.5) is 4.79 Å². The topological polar surface area (TPSA) is 78.9 Å². The second kappa shape index (κ2) is 4.69. The Hall–Kier alpha value is -1.30. The van der Waals surface area contributed by atoms with Crippen LogP contribution in [-0.4, -0.2) is 41.7 Å². The molecule has 2 atom stereocenters. The van der Waals surface area contributed by atoms with E-state index < -0.39 is 12.6 Å². The first kappa shape index (κ1) is 11.2. The predicted octanol–water partition coefficient (Wildman–Crippen LogP) is 0.444. The summed E-state index contributed by atoms with van der Waals surface area (Å²) in [6, 6.07) is -0.323. The van der Waals surface area contributed by atoms with Gasteiger partial charge >= 0.3 is 12.0 Å². The minimum Gasteiger partial charge on any atom is -0.479 e. The van der Waals surface area contributed by atoms with Crippen LogP contribution in [0.1, 0.15) is 19.3 Å². The van der Waals surface area contributed by atoms with Gasteiger partial charge in [0, 0.05) is 13.1 Å². The van der Waals surface area contributed by atoms with Crippen molar-refractivity contribution in [2.75, 3.05) is 19.7 Å². The van der Waals surface area contributed by atoms with E-state index in [1.807, 2.05) is 0 Å². The number of nitrogens with one attached hydrogen (secondary N) is 1. The first-order valence-corrected chi connectivity index (χ1v) is 5.55. The highest BCUT2D eigenvalue weighted by molar-refractivity contribution is 5.74. The van der Waals surface area contributed by atoms with Crippen molar-refractivity contribution in [2.24, 2.45) is 11.8 Å². The maximum atomic E-state index is 11.6. The summed E-state index contributed by atoms with van der Waals surface area (Å²) in [7, 11) is 0. The number of hydrogen-bond donors (Lipinski definition) is 2. The van der Waals surface area contributed by atoms with Gasteiger partial charge in [-0.05, 0) is 24.7 Å². The molecule has 0 spiro atoms. The Balaban J connectivity index is 1.72. The van der Waals surface area contributed by atoms with Crippen molar-refractivity contribution in [3.8, 4) is 0 Å². The molecule has 2 N–H and O–H groups in total. The minimum absolute atomic E-state index is 0.323. The van der Waals surface area contributed by atoms with Gasteiger partial charge in [0.25, 0.3) is 0 Å². The van der Waals surface area contributed by atoms with Crippen LogP contribution in [0.3, 0.4) is 0 Å². The lowest BCUT2D eigenvalue weighted by atomic mass is 10.0. The fourth-order valence-corrected chi connectivity index (χ4v) is 2.62. The maximum Gasteiger partial charge on any atom is 0.341 e. The van der Waals surface area contributed by atoms with Crippen molar-refractivity contribution in [1.82, 2.24) is 10.4 Å². The molecule has 0 aromatic rings. The number of hydrogen-bond acceptors (Lipinski definition) is 3. The molecule has 0 radical (unpaired) electrons. The largest absolute Gasteiger partial charge is 0.479 e. The summed E-state index contributed by atoms with van der Waals surface area (Å²) in [4.78, 5) is 28.0. The second-order valence-corrected chi connectivity index (χ2v) is 4.45. The van der Waals surface area contributed by atoms with Crippen molar-refractivity contribution in [1.29, 1.82) is 0 Å². The van der Waals surface area contributed by atoms with E-state index in [9.17, 15) is 9.59 Å². The normalized spacial score (nSPS) is 27.9. The molecular formula is C10H16N2O4. The zero-order valence-corrected chi connectivity index (χ0v) is 9.02. The van der Waals surface area contributed by atoms with Gasteiger partial charge in [0.2, 0.25) is 0 Å². The van der Waals surface area contributed by atoms with E-state index in [1.165, 1.54) is 19.3 Å². The zero-order valence-electron chi connectivity index (χ0n) is 9.02. The third-order valence-corrected chi connectivity index (χ3v) is 3.37. The number of urea groups is 1. The summed E-state index contributed by atoms with van der Waals surface area (Å²) in [5.41, 5.74) is 2.15. The molecule has 1 heterocycles. The van der Waals surface area contributed by atoms with Gasteiger partial charge < -0.3 is 10.0 Å². The van der Waals surface area contributed by atoms with E-state index in [0.29, 0.717) is 11.8 Å². The van der Waals surface area contributed by atoms with Crippen molar-refractivity contribution >= 4 is 12.0 Å². The molecule has 2 unspecified atom stereocenters. The molecule has 0 aromatic heterocycles. The Morgan fingerprint density at radius 1 is 1.31 bits per heavy atom. The third-order valence-electron chi connectivity index (χ3n) is 3.37. The molecule has 0 aromatic carbocycles. The van der Waals surface area contributed by atoms with E-state index in [-0.39, 0.29) is 6.03 Å². The van der Waals surface area contributed by atoms with Gasteiger partial charge in [-0.3, -0.25) is 4.84 Å². The molecule has 1 aliphatic carbocycles. The Bertz CT molecular complexity index is 283. The number of fused-ring (bicyclic) bond motifs is 1. The lowest BCUT2D eigenvalue weighted by Crippen LogP contribution is -2.39. The van der Waals surface area contributed by atoms with Gasteiger partial charge in [0.1, 0.15) is 0 Å². The third kappa shape index (κ3) is 2.44. The number of carbonyl (C=O) groups excluding carboxylic acids is 1. The highest BCUT2D eigenvalue weighted by Crippen LogP contribution is 2.37. The Morgan fingerprint density at radius 2 is 1.94 bits per heavy atom. The van der Waals surface area contributed by atoms with E-state index in [2.05, 4.69) is 10.3 Å². The average molecular weight is 228 g/mol. The number of carboxylic acids is 1. The number of rotatable bonds is 3. The molecular weight excluding hydrogens is 212 g/mol. The highest BCUT2D eigenvalue weighted by atomic mass is 16.7. The molecule has 1 saturated carbocycles. The summed E-state index contributed by atoms with van der Waals surface area (Å²) in [6.07, 6.45) is 3.66. The summed E-state index contributed by atoms with van der Waals surface area (Å²) in [5.74, 6) is 0.161. The molecule has 1 saturated heterocycles. The van der Waals surface area contributed by atoms with Crippen LogP contribution in [0.5, 0.6) is 0 Å². The van der Waals surface area contributed by atoms with E-state index in [0.717, 1.165) is 13.1 Å². The number of aliphatic carboxylic acids is 1. The molecule has 2 aliphatic rings. The van der Waals surface area contributed by atoms with Crippen molar-refractivity contribution in [3.63, 3.8) is 0 Å². The zero-order chi connectivity index (χ0) is 11.5. The Labute approximate surface area is 93.5 Å². The van der Waals surface area contributed by atoms with Gasteiger partial charge in [-0.25, -0.2) is 15.1 Å². The van der Waals surface area contributed by atoms with Crippen LogP contribution in [0.25, 0.3) is 0 Å². The molecule has 16 heavy (non-hydrogen) atoms. The van der Waals surface area contributed by atoms with Crippen LogP contribution in [0.15, 0.2) is 0 Å². The van der Waals surface area contributed by atoms with Gasteiger partial charge in [-0.15, -0.1) is 0 Å². The summed E-state index contributed by atoms with van der Waals surface area (Å²) in [6.45, 7) is 1.03. The molecule has 90 valence electrons. The molecule has 2 amide bonds. The Kier molecular flexibility index (Phi) is 3.28. The van der Waals surface area contributed by atoms with Crippen LogP contribution in [-0.2, 0) is 9.63 Å². The van der Waals surface area contributed by atoms with Crippen LogP contribution >= 0.6 is 0 Å². The molecule has 2 rings (SSSR count). The molecule has 0 bridgehead atoms. The Morgan fingerprint density at radius 3 is 2.50 bits per heavy atom. The quantitative estimate of drug-likeness (QED) is 0.687. The van der Waals surface area contributed by atoms with E-state index in [4.69, 9.17) is 5.11 Å². The lowest BCUT2D eigenvalue weighted by Gasteiger charge is -2.17. The van der Waals surface area contributed by atoms with Crippen LogP contribution in [0.2, 0.25) is 0 Å². The van der Waals surface area contributed by atoms with Crippen molar-refractivity contribution in [3.05, 3.63) is 0 Å². The van der Waals surface area contributed by atoms with E-state index >= 15 is 0 Å². The second-order valence-electron chi connectivity index (χ2n) is 4.45. The van der Waals surface area contributed by atoms with Crippen molar-refractivity contribution in [2.45, 2.75) is 19.3 Å².